The summed E-state index contributed by atoms with van der Waals surface area (Å²) in [4.78, 5) is 0. The molecule has 3 rings (SSSR count). The Morgan fingerprint density at radius 2 is 2.16 bits per heavy atom. The van der Waals surface area contributed by atoms with Gasteiger partial charge in [0.2, 0.25) is 0 Å². The number of hydrogen-bond acceptors (Lipinski definition) is 5. The lowest BCUT2D eigenvalue weighted by Crippen LogP contribution is -2.42. The Hall–Kier alpha value is -1.30. The molecule has 2 heterocycles. The molecular formula is C14H19NO4. The average Bonchev–Trinajstić information content (AvgIpc) is 2.83. The summed E-state index contributed by atoms with van der Waals surface area (Å²) in [5.74, 6) is 0.167. The van der Waals surface area contributed by atoms with Gasteiger partial charge < -0.3 is 24.6 Å². The van der Waals surface area contributed by atoms with Crippen molar-refractivity contribution in [3.05, 3.63) is 23.8 Å². The quantitative estimate of drug-likeness (QED) is 0.850. The number of piperidine rings is 1. The van der Waals surface area contributed by atoms with Crippen molar-refractivity contribution in [3.8, 4) is 11.5 Å². The van der Waals surface area contributed by atoms with Crippen LogP contribution in [0.2, 0.25) is 0 Å². The van der Waals surface area contributed by atoms with Crippen LogP contribution in [0.3, 0.4) is 0 Å². The molecule has 2 aliphatic rings. The fraction of sp³-hybridized carbons (Fsp3) is 0.571. The second-order valence-corrected chi connectivity index (χ2v) is 5.01. The van der Waals surface area contributed by atoms with Crippen LogP contribution in [0.15, 0.2) is 18.2 Å². The first-order chi connectivity index (χ1) is 9.22. The standard InChI is InChI=1S/C14H19NO4/c1-17-12-3-2-10(8-11(12)16)13-9-18-14(19-13)4-6-15-7-5-14/h2-3,8,13,15-16H,4-7,9H2,1H3. The number of aromatic hydroxyl groups is 1. The van der Waals surface area contributed by atoms with Crippen LogP contribution < -0.4 is 10.1 Å². The molecule has 0 saturated carbocycles. The van der Waals surface area contributed by atoms with Crippen molar-refractivity contribution in [1.82, 2.24) is 5.32 Å². The van der Waals surface area contributed by atoms with Crippen LogP contribution in [-0.2, 0) is 9.47 Å². The zero-order valence-corrected chi connectivity index (χ0v) is 11.0. The lowest BCUT2D eigenvalue weighted by atomic mass is 10.1. The van der Waals surface area contributed by atoms with Crippen molar-refractivity contribution in [2.75, 3.05) is 26.8 Å². The Bertz CT molecular complexity index is 457. The zero-order chi connectivity index (χ0) is 13.3. The SMILES string of the molecule is COc1ccc(C2COC3(CCNCC3)O2)cc1O. The molecule has 0 aliphatic carbocycles. The minimum absolute atomic E-state index is 0.116. The Labute approximate surface area is 112 Å². The van der Waals surface area contributed by atoms with Gasteiger partial charge in [-0.1, -0.05) is 6.07 Å². The number of hydrogen-bond donors (Lipinski definition) is 2. The molecular weight excluding hydrogens is 246 g/mol. The maximum Gasteiger partial charge on any atom is 0.171 e. The van der Waals surface area contributed by atoms with Gasteiger partial charge in [-0.25, -0.2) is 0 Å². The van der Waals surface area contributed by atoms with Crippen LogP contribution in [-0.4, -0.2) is 37.7 Å². The second kappa shape index (κ2) is 5.00. The summed E-state index contributed by atoms with van der Waals surface area (Å²) in [5, 5.41) is 13.1. The molecule has 104 valence electrons. The van der Waals surface area contributed by atoms with Gasteiger partial charge in [0.15, 0.2) is 17.3 Å². The predicted molar refractivity (Wildman–Crippen MR) is 69.3 cm³/mol. The van der Waals surface area contributed by atoms with E-state index in [1.54, 1.807) is 12.1 Å². The molecule has 1 spiro atoms. The summed E-state index contributed by atoms with van der Waals surface area (Å²) in [6.45, 7) is 2.37. The van der Waals surface area contributed by atoms with E-state index in [9.17, 15) is 5.11 Å². The highest BCUT2D eigenvalue weighted by atomic mass is 16.7. The lowest BCUT2D eigenvalue weighted by Gasteiger charge is -2.32. The minimum Gasteiger partial charge on any atom is -0.504 e. The molecule has 1 atom stereocenters. The minimum atomic E-state index is -0.439. The largest absolute Gasteiger partial charge is 0.504 e. The number of rotatable bonds is 2. The number of phenolic OH excluding ortho intramolecular Hbond substituents is 1. The Morgan fingerprint density at radius 3 is 2.84 bits per heavy atom. The first-order valence-corrected chi connectivity index (χ1v) is 6.62. The Balaban J connectivity index is 1.75. The lowest BCUT2D eigenvalue weighted by molar-refractivity contribution is -0.183. The maximum atomic E-state index is 9.82. The van der Waals surface area contributed by atoms with Crippen LogP contribution in [0.25, 0.3) is 0 Å². The van der Waals surface area contributed by atoms with Gasteiger partial charge in [-0.2, -0.15) is 0 Å². The van der Waals surface area contributed by atoms with E-state index >= 15 is 0 Å². The van der Waals surface area contributed by atoms with Crippen molar-refractivity contribution >= 4 is 0 Å². The summed E-state index contributed by atoms with van der Waals surface area (Å²) < 4.78 is 17.0. The molecule has 1 unspecified atom stereocenters. The van der Waals surface area contributed by atoms with Gasteiger partial charge in [0, 0.05) is 25.9 Å². The number of benzene rings is 1. The second-order valence-electron chi connectivity index (χ2n) is 5.01. The molecule has 2 N–H and O–H groups in total. The third-order valence-corrected chi connectivity index (χ3v) is 3.79. The van der Waals surface area contributed by atoms with E-state index < -0.39 is 5.79 Å². The van der Waals surface area contributed by atoms with Crippen molar-refractivity contribution in [2.45, 2.75) is 24.7 Å². The van der Waals surface area contributed by atoms with E-state index in [1.807, 2.05) is 6.07 Å². The Morgan fingerprint density at radius 1 is 1.37 bits per heavy atom. The van der Waals surface area contributed by atoms with Crippen LogP contribution in [0.4, 0.5) is 0 Å². The molecule has 19 heavy (non-hydrogen) atoms. The van der Waals surface area contributed by atoms with Gasteiger partial charge in [0.1, 0.15) is 6.10 Å². The number of nitrogens with one attached hydrogen (secondary N) is 1. The predicted octanol–water partition coefficient (Wildman–Crippen LogP) is 1.57. The molecule has 0 bridgehead atoms. The molecule has 1 aromatic rings. The summed E-state index contributed by atoms with van der Waals surface area (Å²) in [5.41, 5.74) is 0.925. The normalized spacial score (nSPS) is 25.6. The average molecular weight is 265 g/mol. The van der Waals surface area contributed by atoms with Crippen molar-refractivity contribution in [1.29, 1.82) is 0 Å². The van der Waals surface area contributed by atoms with Crippen molar-refractivity contribution in [3.63, 3.8) is 0 Å². The Kier molecular flexibility index (Phi) is 3.35. The van der Waals surface area contributed by atoms with Crippen LogP contribution in [0.1, 0.15) is 24.5 Å². The van der Waals surface area contributed by atoms with Crippen LogP contribution in [0.5, 0.6) is 11.5 Å². The van der Waals surface area contributed by atoms with E-state index in [1.165, 1.54) is 7.11 Å². The zero-order valence-electron chi connectivity index (χ0n) is 11.0. The van der Waals surface area contributed by atoms with Gasteiger partial charge in [-0.05, 0) is 17.7 Å². The monoisotopic (exact) mass is 265 g/mol. The third kappa shape index (κ3) is 2.41. The van der Waals surface area contributed by atoms with Gasteiger partial charge in [0.05, 0.1) is 13.7 Å². The van der Waals surface area contributed by atoms with Crippen LogP contribution >= 0.6 is 0 Å². The molecule has 5 heteroatoms. The maximum absolute atomic E-state index is 9.82. The van der Waals surface area contributed by atoms with E-state index in [-0.39, 0.29) is 11.9 Å². The molecule has 0 aromatic heterocycles. The summed E-state index contributed by atoms with van der Waals surface area (Å²) in [6, 6.07) is 5.35. The first-order valence-electron chi connectivity index (χ1n) is 6.62. The summed E-state index contributed by atoms with van der Waals surface area (Å²) in [6.07, 6.45) is 1.62. The van der Waals surface area contributed by atoms with Gasteiger partial charge in [-0.3, -0.25) is 0 Å². The molecule has 1 aromatic carbocycles. The molecule has 0 radical (unpaired) electrons. The van der Waals surface area contributed by atoms with E-state index in [4.69, 9.17) is 14.2 Å². The summed E-state index contributed by atoms with van der Waals surface area (Å²) in [7, 11) is 1.54. The topological polar surface area (TPSA) is 60.0 Å². The van der Waals surface area contributed by atoms with Gasteiger partial charge in [0.25, 0.3) is 0 Å². The van der Waals surface area contributed by atoms with Crippen molar-refractivity contribution < 1.29 is 19.3 Å². The number of ether oxygens (including phenoxy) is 3. The van der Waals surface area contributed by atoms with Crippen LogP contribution in [0, 0.1) is 0 Å². The molecule has 2 aliphatic heterocycles. The fourth-order valence-corrected chi connectivity index (χ4v) is 2.70. The highest BCUT2D eigenvalue weighted by Gasteiger charge is 2.42. The number of methoxy groups -OCH3 is 1. The highest BCUT2D eigenvalue weighted by molar-refractivity contribution is 5.42. The fourth-order valence-electron chi connectivity index (χ4n) is 2.70. The molecule has 2 saturated heterocycles. The van der Waals surface area contributed by atoms with Gasteiger partial charge in [-0.15, -0.1) is 0 Å². The van der Waals surface area contributed by atoms with E-state index in [0.717, 1.165) is 31.5 Å². The third-order valence-electron chi connectivity index (χ3n) is 3.79. The highest BCUT2D eigenvalue weighted by Crippen LogP contribution is 2.40. The number of phenols is 1. The van der Waals surface area contributed by atoms with Crippen molar-refractivity contribution in [2.24, 2.45) is 0 Å². The molecule has 5 nitrogen and oxygen atoms in total. The van der Waals surface area contributed by atoms with Gasteiger partial charge >= 0.3 is 0 Å². The molecule has 2 fully saturated rings. The summed E-state index contributed by atoms with van der Waals surface area (Å²) >= 11 is 0. The molecule has 0 amide bonds. The smallest absolute Gasteiger partial charge is 0.171 e. The first kappa shape index (κ1) is 12.7. The van der Waals surface area contributed by atoms with E-state index in [0.29, 0.717) is 12.4 Å². The van der Waals surface area contributed by atoms with E-state index in [2.05, 4.69) is 5.32 Å².